The lowest BCUT2D eigenvalue weighted by molar-refractivity contribution is -0.134. The molecule has 3 N–H and O–H groups in total. The smallest absolute Gasteiger partial charge is 0.277 e. The summed E-state index contributed by atoms with van der Waals surface area (Å²) in [5.41, 5.74) is 5.63. The largest absolute Gasteiger partial charge is 0.497 e. The third-order valence-electron chi connectivity index (χ3n) is 5.38. The highest BCUT2D eigenvalue weighted by atomic mass is 32.2. The summed E-state index contributed by atoms with van der Waals surface area (Å²) in [6.07, 6.45) is 1.73. The van der Waals surface area contributed by atoms with Crippen LogP contribution in [0.2, 0.25) is 0 Å². The number of thioether (sulfide) groups is 1. The number of benzene rings is 2. The first-order valence-electron chi connectivity index (χ1n) is 9.63. The molecule has 1 saturated heterocycles. The molecule has 3 atom stereocenters. The predicted molar refractivity (Wildman–Crippen MR) is 118 cm³/mol. The number of nitrogens with one attached hydrogen (secondary N) is 3. The minimum absolute atomic E-state index is 0.00226. The van der Waals surface area contributed by atoms with Crippen molar-refractivity contribution in [3.63, 3.8) is 0 Å². The van der Waals surface area contributed by atoms with Crippen LogP contribution in [-0.4, -0.2) is 41.7 Å². The molecule has 0 bridgehead atoms. The molecule has 156 valence electrons. The average molecular weight is 425 g/mol. The molecule has 30 heavy (non-hydrogen) atoms. The number of rotatable bonds is 5. The average Bonchev–Trinajstić information content (AvgIpc) is 3.13. The van der Waals surface area contributed by atoms with Crippen molar-refractivity contribution in [3.05, 3.63) is 71.4 Å². The predicted octanol–water partition coefficient (Wildman–Crippen LogP) is 2.66. The zero-order chi connectivity index (χ0) is 21.3. The number of ether oxygens (including phenoxy) is 1. The Morgan fingerprint density at radius 3 is 2.63 bits per heavy atom. The molecular formula is C22H24N4O3S. The van der Waals surface area contributed by atoms with E-state index in [-0.39, 0.29) is 28.9 Å². The van der Waals surface area contributed by atoms with Gasteiger partial charge in [0.2, 0.25) is 0 Å². The molecule has 3 unspecified atom stereocenters. The number of hydrazine groups is 1. The maximum atomic E-state index is 13.3. The molecule has 0 radical (unpaired) electrons. The number of allylic oxidation sites excluding steroid dienone is 1. The molecule has 8 heteroatoms. The first kappa shape index (κ1) is 20.3. The highest BCUT2D eigenvalue weighted by Crippen LogP contribution is 2.38. The lowest BCUT2D eigenvalue weighted by Gasteiger charge is -2.34. The summed E-state index contributed by atoms with van der Waals surface area (Å²) in [5, 5.41) is 7.73. The Morgan fingerprint density at radius 2 is 1.93 bits per heavy atom. The molecule has 2 aliphatic rings. The first-order valence-corrected chi connectivity index (χ1v) is 10.9. The second kappa shape index (κ2) is 8.41. The zero-order valence-corrected chi connectivity index (χ0v) is 17.8. The maximum absolute atomic E-state index is 13.3. The summed E-state index contributed by atoms with van der Waals surface area (Å²) in [4.78, 5) is 26.2. The molecule has 0 saturated carbocycles. The van der Waals surface area contributed by atoms with Gasteiger partial charge in [0, 0.05) is 17.5 Å². The van der Waals surface area contributed by atoms with Gasteiger partial charge >= 0.3 is 0 Å². The number of fused-ring (bicyclic) bond motifs is 1. The van der Waals surface area contributed by atoms with Crippen LogP contribution in [0.4, 0.5) is 5.69 Å². The summed E-state index contributed by atoms with van der Waals surface area (Å²) >= 11 is 1.64. The van der Waals surface area contributed by atoms with E-state index in [0.717, 1.165) is 5.56 Å². The van der Waals surface area contributed by atoms with E-state index in [1.54, 1.807) is 55.1 Å². The Balaban J connectivity index is 1.61. The normalized spacial score (nSPS) is 23.1. The van der Waals surface area contributed by atoms with E-state index in [0.29, 0.717) is 17.1 Å². The molecule has 2 aliphatic heterocycles. The van der Waals surface area contributed by atoms with Crippen molar-refractivity contribution in [1.82, 2.24) is 15.8 Å². The van der Waals surface area contributed by atoms with Crippen LogP contribution in [0.5, 0.6) is 5.75 Å². The number of hydrogen-bond acceptors (Lipinski definition) is 6. The van der Waals surface area contributed by atoms with E-state index in [1.807, 2.05) is 24.5 Å². The summed E-state index contributed by atoms with van der Waals surface area (Å²) < 4.78 is 5.20. The molecule has 2 amide bonds. The van der Waals surface area contributed by atoms with Crippen molar-refractivity contribution < 1.29 is 14.3 Å². The minimum atomic E-state index is -0.456. The molecular weight excluding hydrogens is 400 g/mol. The van der Waals surface area contributed by atoms with Gasteiger partial charge in [-0.1, -0.05) is 36.4 Å². The fourth-order valence-electron chi connectivity index (χ4n) is 3.93. The first-order chi connectivity index (χ1) is 14.5. The van der Waals surface area contributed by atoms with Crippen LogP contribution in [0, 0.1) is 0 Å². The Kier molecular flexibility index (Phi) is 5.69. The highest BCUT2D eigenvalue weighted by Gasteiger charge is 2.49. The molecule has 2 aromatic rings. The van der Waals surface area contributed by atoms with Crippen LogP contribution in [0.3, 0.4) is 0 Å². The van der Waals surface area contributed by atoms with E-state index in [2.05, 4.69) is 28.2 Å². The highest BCUT2D eigenvalue weighted by molar-refractivity contribution is 7.99. The van der Waals surface area contributed by atoms with Gasteiger partial charge in [-0.25, -0.2) is 10.4 Å². The number of methoxy groups -OCH3 is 1. The van der Waals surface area contributed by atoms with Gasteiger partial charge in [-0.3, -0.25) is 9.59 Å². The molecule has 1 fully saturated rings. The van der Waals surface area contributed by atoms with E-state index in [1.165, 1.54) is 0 Å². The molecule has 0 spiro atoms. The van der Waals surface area contributed by atoms with Crippen LogP contribution < -0.4 is 20.8 Å². The van der Waals surface area contributed by atoms with Gasteiger partial charge in [0.05, 0.1) is 18.4 Å². The Morgan fingerprint density at radius 1 is 1.17 bits per heavy atom. The molecule has 2 aromatic carbocycles. The van der Waals surface area contributed by atoms with Gasteiger partial charge < -0.3 is 15.4 Å². The molecule has 4 rings (SSSR count). The second-order valence-electron chi connectivity index (χ2n) is 7.17. The second-order valence-corrected chi connectivity index (χ2v) is 8.15. The van der Waals surface area contributed by atoms with E-state index in [4.69, 9.17) is 4.74 Å². The minimum Gasteiger partial charge on any atom is -0.497 e. The van der Waals surface area contributed by atoms with Crippen molar-refractivity contribution in [2.45, 2.75) is 24.4 Å². The summed E-state index contributed by atoms with van der Waals surface area (Å²) in [5.74, 6) is -0.124. The van der Waals surface area contributed by atoms with Crippen molar-refractivity contribution in [1.29, 1.82) is 0 Å². The van der Waals surface area contributed by atoms with E-state index >= 15 is 0 Å². The monoisotopic (exact) mass is 424 g/mol. The van der Waals surface area contributed by atoms with Gasteiger partial charge in [-0.2, -0.15) is 0 Å². The van der Waals surface area contributed by atoms with Crippen molar-refractivity contribution in [2.75, 3.05) is 18.7 Å². The van der Waals surface area contributed by atoms with Crippen molar-refractivity contribution in [3.8, 4) is 5.75 Å². The van der Waals surface area contributed by atoms with Crippen LogP contribution in [-0.2, 0) is 9.59 Å². The summed E-state index contributed by atoms with van der Waals surface area (Å²) in [6.45, 7) is 1.77. The van der Waals surface area contributed by atoms with E-state index in [9.17, 15) is 9.59 Å². The van der Waals surface area contributed by atoms with Gasteiger partial charge in [-0.15, -0.1) is 11.8 Å². The number of anilines is 1. The lowest BCUT2D eigenvalue weighted by Crippen LogP contribution is -2.55. The zero-order valence-electron chi connectivity index (χ0n) is 17.0. The Bertz CT molecular complexity index is 995. The third kappa shape index (κ3) is 3.64. The standard InChI is InChI=1S/C22H24N4O3S/c1-13-17(20(27)24-15-10-7-11-16(12-15)29-2)22(28)26-19(23-13)18(21(25-26)30-3)14-8-5-4-6-9-14/h4-12,18-19,21,23,25H,1-3H3,(H,24,27). The van der Waals surface area contributed by atoms with Crippen molar-refractivity contribution >= 4 is 29.3 Å². The van der Waals surface area contributed by atoms with Gasteiger partial charge in [0.1, 0.15) is 17.5 Å². The fourth-order valence-corrected chi connectivity index (χ4v) is 4.75. The van der Waals surface area contributed by atoms with Gasteiger partial charge in [0.25, 0.3) is 11.8 Å². The Hall–Kier alpha value is -2.97. The summed E-state index contributed by atoms with van der Waals surface area (Å²) in [7, 11) is 1.56. The third-order valence-corrected chi connectivity index (χ3v) is 6.28. The number of carbonyl (C=O) groups is 2. The molecule has 0 aliphatic carbocycles. The van der Waals surface area contributed by atoms with Crippen LogP contribution in [0.15, 0.2) is 65.9 Å². The van der Waals surface area contributed by atoms with Crippen LogP contribution >= 0.6 is 11.8 Å². The topological polar surface area (TPSA) is 82.7 Å². The fraction of sp³-hybridized carbons (Fsp3) is 0.273. The molecule has 0 aromatic heterocycles. The number of carbonyl (C=O) groups excluding carboxylic acids is 2. The quantitative estimate of drug-likeness (QED) is 0.640. The number of amides is 2. The van der Waals surface area contributed by atoms with Gasteiger partial charge in [0.15, 0.2) is 0 Å². The SMILES string of the molecule is COc1cccc(NC(=O)C2=C(C)NC3C(c4ccccc4)C(SC)NN3C2=O)c1. The summed E-state index contributed by atoms with van der Waals surface area (Å²) in [6, 6.07) is 17.1. The molecule has 2 heterocycles. The van der Waals surface area contributed by atoms with Crippen LogP contribution in [0.1, 0.15) is 18.4 Å². The Labute approximate surface area is 179 Å². The number of hydrogen-bond donors (Lipinski definition) is 3. The van der Waals surface area contributed by atoms with Crippen molar-refractivity contribution in [2.24, 2.45) is 0 Å². The maximum Gasteiger partial charge on any atom is 0.277 e. The van der Waals surface area contributed by atoms with Gasteiger partial charge in [-0.05, 0) is 30.9 Å². The lowest BCUT2D eigenvalue weighted by atomic mass is 9.95. The van der Waals surface area contributed by atoms with Crippen LogP contribution in [0.25, 0.3) is 0 Å². The molecule has 7 nitrogen and oxygen atoms in total. The van der Waals surface area contributed by atoms with E-state index < -0.39 is 5.91 Å². The number of nitrogens with zero attached hydrogens (tertiary/aromatic N) is 1.